The second kappa shape index (κ2) is 9.24. The quantitative estimate of drug-likeness (QED) is 0.534. The lowest BCUT2D eigenvalue weighted by Gasteiger charge is -2.18. The largest absolute Gasteiger partial charge is 0.486 e. The number of benzene rings is 2. The zero-order valence-corrected chi connectivity index (χ0v) is 16.3. The van der Waals surface area contributed by atoms with Crippen molar-refractivity contribution in [3.05, 3.63) is 71.5 Å². The van der Waals surface area contributed by atoms with Gasteiger partial charge in [0.15, 0.2) is 11.0 Å². The summed E-state index contributed by atoms with van der Waals surface area (Å²) in [6.45, 7) is 4.56. The molecule has 0 aliphatic carbocycles. The van der Waals surface area contributed by atoms with Crippen LogP contribution < -0.4 is 4.74 Å². The fourth-order valence-electron chi connectivity index (χ4n) is 2.84. The number of aryl methyl sites for hydroxylation is 1. The molecule has 3 rings (SSSR count). The molecule has 0 spiro atoms. The second-order valence-corrected chi connectivity index (χ2v) is 7.03. The Kier molecular flexibility index (Phi) is 6.50. The van der Waals surface area contributed by atoms with E-state index >= 15 is 0 Å². The molecule has 27 heavy (non-hydrogen) atoms. The maximum absolute atomic E-state index is 8.92. The van der Waals surface area contributed by atoms with Crippen LogP contribution in [0, 0.1) is 11.3 Å². The highest BCUT2D eigenvalue weighted by molar-refractivity contribution is 7.99. The van der Waals surface area contributed by atoms with Crippen LogP contribution in [0.1, 0.15) is 36.8 Å². The molecule has 0 radical (unpaired) electrons. The predicted octanol–water partition coefficient (Wildman–Crippen LogP) is 4.64. The molecule has 0 saturated heterocycles. The third kappa shape index (κ3) is 4.69. The Morgan fingerprint density at radius 2 is 1.85 bits per heavy atom. The van der Waals surface area contributed by atoms with Crippen molar-refractivity contribution in [1.29, 1.82) is 5.26 Å². The summed E-state index contributed by atoms with van der Waals surface area (Å²) in [6, 6.07) is 20.5. The molecule has 138 valence electrons. The summed E-state index contributed by atoms with van der Waals surface area (Å²) < 4.78 is 7.99. The Bertz CT molecular complexity index is 900. The van der Waals surface area contributed by atoms with Gasteiger partial charge in [0.05, 0.1) is 17.9 Å². The molecule has 0 fully saturated rings. The zero-order valence-electron chi connectivity index (χ0n) is 15.5. The molecular weight excluding hydrogens is 356 g/mol. The zero-order chi connectivity index (χ0) is 19.1. The first-order valence-corrected chi connectivity index (χ1v) is 9.91. The molecule has 6 heteroatoms. The molecule has 0 unspecified atom stereocenters. The summed E-state index contributed by atoms with van der Waals surface area (Å²) in [6.07, 6.45) is 1.00. The van der Waals surface area contributed by atoms with E-state index in [9.17, 15) is 0 Å². The molecule has 1 aromatic heterocycles. The van der Waals surface area contributed by atoms with Gasteiger partial charge < -0.3 is 4.74 Å². The average molecular weight is 379 g/mol. The maximum atomic E-state index is 8.92. The van der Waals surface area contributed by atoms with Gasteiger partial charge in [-0.1, -0.05) is 61.2 Å². The normalized spacial score (nSPS) is 11.7. The number of hydrogen-bond acceptors (Lipinski definition) is 5. The molecule has 1 heterocycles. The number of nitriles is 1. The van der Waals surface area contributed by atoms with Crippen LogP contribution in [-0.2, 0) is 13.0 Å². The number of rotatable bonds is 8. The number of aromatic nitrogens is 3. The Labute approximate surface area is 164 Å². The van der Waals surface area contributed by atoms with E-state index in [0.717, 1.165) is 28.7 Å². The molecule has 0 N–H and O–H groups in total. The molecule has 0 aliphatic rings. The number of thioether (sulfide) groups is 1. The van der Waals surface area contributed by atoms with Gasteiger partial charge in [0.1, 0.15) is 12.4 Å². The molecule has 0 saturated carbocycles. The van der Waals surface area contributed by atoms with Crippen LogP contribution in [-0.4, -0.2) is 20.5 Å². The van der Waals surface area contributed by atoms with Crippen LogP contribution in [0.4, 0.5) is 0 Å². The van der Waals surface area contributed by atoms with Crippen LogP contribution in [0.2, 0.25) is 0 Å². The highest BCUT2D eigenvalue weighted by Gasteiger charge is 2.19. The predicted molar refractivity (Wildman–Crippen MR) is 107 cm³/mol. The van der Waals surface area contributed by atoms with Crippen LogP contribution in [0.5, 0.6) is 5.75 Å². The van der Waals surface area contributed by atoms with E-state index in [4.69, 9.17) is 10.00 Å². The monoisotopic (exact) mass is 378 g/mol. The molecule has 0 aliphatic heterocycles. The minimum Gasteiger partial charge on any atom is -0.486 e. The molecule has 1 atom stereocenters. The lowest BCUT2D eigenvalue weighted by molar-refractivity contribution is 0.285. The summed E-state index contributed by atoms with van der Waals surface area (Å²) in [4.78, 5) is 0. The highest BCUT2D eigenvalue weighted by Crippen LogP contribution is 2.27. The van der Waals surface area contributed by atoms with E-state index in [0.29, 0.717) is 12.4 Å². The number of ether oxygens (including phenoxy) is 1. The maximum Gasteiger partial charge on any atom is 0.192 e. The van der Waals surface area contributed by atoms with Crippen LogP contribution in [0.15, 0.2) is 59.8 Å². The van der Waals surface area contributed by atoms with Crippen LogP contribution in [0.25, 0.3) is 0 Å². The van der Waals surface area contributed by atoms with Gasteiger partial charge in [0, 0.05) is 0 Å². The second-order valence-electron chi connectivity index (χ2n) is 6.09. The lowest BCUT2D eigenvalue weighted by Crippen LogP contribution is -2.14. The summed E-state index contributed by atoms with van der Waals surface area (Å²) in [7, 11) is 0. The summed E-state index contributed by atoms with van der Waals surface area (Å²) >= 11 is 1.39. The van der Waals surface area contributed by atoms with Crippen molar-refractivity contribution in [2.24, 2.45) is 0 Å². The van der Waals surface area contributed by atoms with Gasteiger partial charge in [0.2, 0.25) is 0 Å². The molecular formula is C21H22N4OS. The van der Waals surface area contributed by atoms with Crippen molar-refractivity contribution >= 4 is 11.8 Å². The van der Waals surface area contributed by atoms with Gasteiger partial charge >= 0.3 is 0 Å². The lowest BCUT2D eigenvalue weighted by atomic mass is 10.1. The van der Waals surface area contributed by atoms with Crippen molar-refractivity contribution in [3.63, 3.8) is 0 Å². The van der Waals surface area contributed by atoms with Crippen molar-refractivity contribution in [2.75, 3.05) is 5.75 Å². The van der Waals surface area contributed by atoms with Gasteiger partial charge in [-0.2, -0.15) is 5.26 Å². The first kappa shape index (κ1) is 19.0. The first-order chi connectivity index (χ1) is 13.2. The Morgan fingerprint density at radius 1 is 1.11 bits per heavy atom. The van der Waals surface area contributed by atoms with E-state index in [-0.39, 0.29) is 6.04 Å². The Morgan fingerprint density at radius 3 is 2.52 bits per heavy atom. The van der Waals surface area contributed by atoms with Crippen molar-refractivity contribution in [2.45, 2.75) is 38.1 Å². The van der Waals surface area contributed by atoms with Gasteiger partial charge in [-0.3, -0.25) is 4.57 Å². The van der Waals surface area contributed by atoms with E-state index in [1.807, 2.05) is 30.3 Å². The fourth-order valence-corrected chi connectivity index (χ4v) is 3.53. The fraction of sp³-hybridized carbons (Fsp3) is 0.286. The van der Waals surface area contributed by atoms with E-state index < -0.39 is 0 Å². The highest BCUT2D eigenvalue weighted by atomic mass is 32.2. The Hall–Kier alpha value is -2.78. The standard InChI is InChI=1S/C21H22N4OS/c1-3-17-9-11-19(12-10-17)26-15-20-23-24-21(27-14-13-22)25(20)16(2)18-7-5-4-6-8-18/h4-12,16H,3,14-15H2,1-2H3/t16-/m0/s1. The van der Waals surface area contributed by atoms with Gasteiger partial charge in [-0.15, -0.1) is 10.2 Å². The Balaban J connectivity index is 1.83. The smallest absolute Gasteiger partial charge is 0.192 e. The topological polar surface area (TPSA) is 63.7 Å². The minimum atomic E-state index is 0.0449. The SMILES string of the molecule is CCc1ccc(OCc2nnc(SCC#N)n2[C@@H](C)c2ccccc2)cc1. The molecule has 2 aromatic carbocycles. The third-order valence-corrected chi connectivity index (χ3v) is 5.18. The number of nitrogens with zero attached hydrogens (tertiary/aromatic N) is 4. The first-order valence-electron chi connectivity index (χ1n) is 8.93. The van der Waals surface area contributed by atoms with Crippen LogP contribution in [0.3, 0.4) is 0 Å². The van der Waals surface area contributed by atoms with Gasteiger partial charge in [0.25, 0.3) is 0 Å². The summed E-state index contributed by atoms with van der Waals surface area (Å²) in [5.74, 6) is 1.88. The van der Waals surface area contributed by atoms with Crippen molar-refractivity contribution in [3.8, 4) is 11.8 Å². The molecule has 0 amide bonds. The van der Waals surface area contributed by atoms with Crippen molar-refractivity contribution < 1.29 is 4.74 Å². The minimum absolute atomic E-state index is 0.0449. The van der Waals surface area contributed by atoms with E-state index in [1.54, 1.807) is 0 Å². The summed E-state index contributed by atoms with van der Waals surface area (Å²) in [5.41, 5.74) is 2.43. The van der Waals surface area contributed by atoms with Gasteiger partial charge in [-0.25, -0.2) is 0 Å². The van der Waals surface area contributed by atoms with E-state index in [1.165, 1.54) is 17.3 Å². The molecule has 0 bridgehead atoms. The third-order valence-electron chi connectivity index (χ3n) is 4.37. The molecule has 3 aromatic rings. The molecule has 5 nitrogen and oxygen atoms in total. The van der Waals surface area contributed by atoms with Gasteiger partial charge in [-0.05, 0) is 36.6 Å². The number of hydrogen-bond donors (Lipinski definition) is 0. The van der Waals surface area contributed by atoms with E-state index in [2.05, 4.69) is 58.9 Å². The van der Waals surface area contributed by atoms with Crippen LogP contribution >= 0.6 is 11.8 Å². The average Bonchev–Trinajstić information content (AvgIpc) is 3.13. The summed E-state index contributed by atoms with van der Waals surface area (Å²) in [5, 5.41) is 18.3. The van der Waals surface area contributed by atoms with Crippen molar-refractivity contribution in [1.82, 2.24) is 14.8 Å².